The van der Waals surface area contributed by atoms with Crippen LogP contribution in [0.5, 0.6) is 0 Å². The standard InChI is InChI=1S/C11H11BrClN3/c1-3-9-7(2)11(13)16(15-9)10-5-4-8(12)6-14-10/h4-6H,3H2,1-2H3. The van der Waals surface area contributed by atoms with Gasteiger partial charge in [0.15, 0.2) is 5.82 Å². The Morgan fingerprint density at radius 1 is 1.44 bits per heavy atom. The van der Waals surface area contributed by atoms with Gasteiger partial charge in [0.25, 0.3) is 0 Å². The molecule has 0 spiro atoms. The van der Waals surface area contributed by atoms with Crippen LogP contribution in [0.1, 0.15) is 18.2 Å². The summed E-state index contributed by atoms with van der Waals surface area (Å²) in [7, 11) is 0. The first-order chi connectivity index (χ1) is 7.63. The van der Waals surface area contributed by atoms with Crippen LogP contribution in [0.3, 0.4) is 0 Å². The van der Waals surface area contributed by atoms with Crippen molar-refractivity contribution in [1.82, 2.24) is 14.8 Å². The van der Waals surface area contributed by atoms with E-state index in [1.807, 2.05) is 19.1 Å². The van der Waals surface area contributed by atoms with E-state index in [-0.39, 0.29) is 0 Å². The van der Waals surface area contributed by atoms with Crippen LogP contribution in [-0.4, -0.2) is 14.8 Å². The van der Waals surface area contributed by atoms with Gasteiger partial charge in [0.05, 0.1) is 5.69 Å². The lowest BCUT2D eigenvalue weighted by Gasteiger charge is -2.01. The molecule has 0 N–H and O–H groups in total. The van der Waals surface area contributed by atoms with E-state index in [1.54, 1.807) is 10.9 Å². The lowest BCUT2D eigenvalue weighted by Crippen LogP contribution is -1.99. The van der Waals surface area contributed by atoms with E-state index >= 15 is 0 Å². The molecular formula is C11H11BrClN3. The van der Waals surface area contributed by atoms with Crippen LogP contribution < -0.4 is 0 Å². The van der Waals surface area contributed by atoms with Crippen molar-refractivity contribution in [2.24, 2.45) is 0 Å². The van der Waals surface area contributed by atoms with E-state index in [0.29, 0.717) is 5.15 Å². The molecule has 0 aromatic carbocycles. The maximum atomic E-state index is 6.22. The monoisotopic (exact) mass is 299 g/mol. The maximum Gasteiger partial charge on any atom is 0.155 e. The molecule has 0 aliphatic carbocycles. The molecule has 84 valence electrons. The van der Waals surface area contributed by atoms with Gasteiger partial charge in [0.1, 0.15) is 5.15 Å². The highest BCUT2D eigenvalue weighted by molar-refractivity contribution is 9.10. The summed E-state index contributed by atoms with van der Waals surface area (Å²) < 4.78 is 2.61. The molecular weight excluding hydrogens is 289 g/mol. The quantitative estimate of drug-likeness (QED) is 0.849. The molecule has 2 rings (SSSR count). The van der Waals surface area contributed by atoms with Crippen molar-refractivity contribution in [2.75, 3.05) is 0 Å². The van der Waals surface area contributed by atoms with E-state index in [4.69, 9.17) is 11.6 Å². The fourth-order valence-corrected chi connectivity index (χ4v) is 1.97. The predicted molar refractivity (Wildman–Crippen MR) is 68.2 cm³/mol. The van der Waals surface area contributed by atoms with Gasteiger partial charge in [-0.2, -0.15) is 5.10 Å². The summed E-state index contributed by atoms with van der Waals surface area (Å²) in [6.07, 6.45) is 2.60. The molecule has 3 nitrogen and oxygen atoms in total. The highest BCUT2D eigenvalue weighted by Crippen LogP contribution is 2.22. The number of halogens is 2. The largest absolute Gasteiger partial charge is 0.236 e. The SMILES string of the molecule is CCc1nn(-c2ccc(Br)cn2)c(Cl)c1C. The second kappa shape index (κ2) is 4.55. The second-order valence-electron chi connectivity index (χ2n) is 3.46. The van der Waals surface area contributed by atoms with Gasteiger partial charge in [-0.05, 0) is 41.4 Å². The number of aromatic nitrogens is 3. The zero-order chi connectivity index (χ0) is 11.7. The lowest BCUT2D eigenvalue weighted by molar-refractivity contribution is 0.816. The van der Waals surface area contributed by atoms with Gasteiger partial charge in [0, 0.05) is 16.2 Å². The Bertz CT molecular complexity index is 505. The number of rotatable bonds is 2. The number of hydrogen-bond acceptors (Lipinski definition) is 2. The minimum Gasteiger partial charge on any atom is -0.236 e. The van der Waals surface area contributed by atoms with E-state index in [0.717, 1.165) is 28.0 Å². The average molecular weight is 301 g/mol. The van der Waals surface area contributed by atoms with Crippen LogP contribution in [0.2, 0.25) is 5.15 Å². The van der Waals surface area contributed by atoms with Gasteiger partial charge in [0.2, 0.25) is 0 Å². The molecule has 0 aliphatic heterocycles. The second-order valence-corrected chi connectivity index (χ2v) is 4.74. The number of pyridine rings is 1. The Kier molecular flexibility index (Phi) is 3.30. The van der Waals surface area contributed by atoms with E-state index < -0.39 is 0 Å². The molecule has 0 fully saturated rings. The van der Waals surface area contributed by atoms with Crippen molar-refractivity contribution in [3.63, 3.8) is 0 Å². The minimum absolute atomic E-state index is 0.631. The molecule has 0 amide bonds. The summed E-state index contributed by atoms with van der Waals surface area (Å²) in [6, 6.07) is 3.79. The normalized spacial score (nSPS) is 10.8. The third-order valence-electron chi connectivity index (χ3n) is 2.41. The van der Waals surface area contributed by atoms with E-state index in [2.05, 4.69) is 32.9 Å². The van der Waals surface area contributed by atoms with E-state index in [1.165, 1.54) is 0 Å². The molecule has 0 unspecified atom stereocenters. The third-order valence-corrected chi connectivity index (χ3v) is 3.33. The topological polar surface area (TPSA) is 30.7 Å². The van der Waals surface area contributed by atoms with Gasteiger partial charge in [-0.1, -0.05) is 18.5 Å². The van der Waals surface area contributed by atoms with Crippen molar-refractivity contribution < 1.29 is 0 Å². The summed E-state index contributed by atoms with van der Waals surface area (Å²) in [5.74, 6) is 0.732. The molecule has 0 bridgehead atoms. The van der Waals surface area contributed by atoms with Crippen LogP contribution in [0.25, 0.3) is 5.82 Å². The molecule has 0 radical (unpaired) electrons. The highest BCUT2D eigenvalue weighted by atomic mass is 79.9. The number of nitrogens with zero attached hydrogens (tertiary/aromatic N) is 3. The zero-order valence-corrected chi connectivity index (χ0v) is 11.4. The molecule has 16 heavy (non-hydrogen) atoms. The Balaban J connectivity index is 2.52. The van der Waals surface area contributed by atoms with Crippen LogP contribution in [-0.2, 0) is 6.42 Å². The summed E-state index contributed by atoms with van der Waals surface area (Å²) in [5, 5.41) is 5.07. The number of aryl methyl sites for hydroxylation is 1. The summed E-state index contributed by atoms with van der Waals surface area (Å²) in [4.78, 5) is 4.27. The van der Waals surface area contributed by atoms with Gasteiger partial charge < -0.3 is 0 Å². The van der Waals surface area contributed by atoms with Crippen molar-refractivity contribution in [1.29, 1.82) is 0 Å². The Labute approximate surface area is 108 Å². The van der Waals surface area contributed by atoms with Gasteiger partial charge in [-0.3, -0.25) is 0 Å². The van der Waals surface area contributed by atoms with Crippen molar-refractivity contribution >= 4 is 27.5 Å². The molecule has 5 heteroatoms. The number of hydrogen-bond donors (Lipinski definition) is 0. The summed E-state index contributed by atoms with van der Waals surface area (Å²) >= 11 is 9.56. The van der Waals surface area contributed by atoms with Crippen molar-refractivity contribution in [3.05, 3.63) is 39.2 Å². The lowest BCUT2D eigenvalue weighted by atomic mass is 10.2. The first-order valence-corrected chi connectivity index (χ1v) is 6.16. The summed E-state index contributed by atoms with van der Waals surface area (Å²) in [5.41, 5.74) is 2.03. The fraction of sp³-hybridized carbons (Fsp3) is 0.273. The van der Waals surface area contributed by atoms with Crippen LogP contribution in [0, 0.1) is 6.92 Å². The van der Waals surface area contributed by atoms with Gasteiger partial charge in [-0.25, -0.2) is 9.67 Å². The summed E-state index contributed by atoms with van der Waals surface area (Å²) in [6.45, 7) is 4.04. The van der Waals surface area contributed by atoms with Crippen molar-refractivity contribution in [2.45, 2.75) is 20.3 Å². The average Bonchev–Trinajstić information content (AvgIpc) is 2.57. The van der Waals surface area contributed by atoms with Crippen LogP contribution in [0.15, 0.2) is 22.8 Å². The highest BCUT2D eigenvalue weighted by Gasteiger charge is 2.12. The fourth-order valence-electron chi connectivity index (χ4n) is 1.50. The zero-order valence-electron chi connectivity index (χ0n) is 9.04. The Hall–Kier alpha value is -0.870. The molecule has 0 atom stereocenters. The van der Waals surface area contributed by atoms with Gasteiger partial charge >= 0.3 is 0 Å². The van der Waals surface area contributed by atoms with Crippen LogP contribution >= 0.6 is 27.5 Å². The maximum absolute atomic E-state index is 6.22. The molecule has 2 aromatic rings. The molecule has 0 saturated heterocycles. The molecule has 2 aromatic heterocycles. The van der Waals surface area contributed by atoms with Crippen LogP contribution in [0.4, 0.5) is 0 Å². The van der Waals surface area contributed by atoms with Crippen molar-refractivity contribution in [3.8, 4) is 5.82 Å². The molecule has 0 aliphatic rings. The van der Waals surface area contributed by atoms with Gasteiger partial charge in [-0.15, -0.1) is 0 Å². The Morgan fingerprint density at radius 2 is 2.19 bits per heavy atom. The Morgan fingerprint density at radius 3 is 2.69 bits per heavy atom. The third kappa shape index (κ3) is 1.99. The first-order valence-electron chi connectivity index (χ1n) is 4.99. The molecule has 0 saturated carbocycles. The molecule has 2 heterocycles. The predicted octanol–water partition coefficient (Wildman–Crippen LogP) is 3.55. The minimum atomic E-state index is 0.631. The smallest absolute Gasteiger partial charge is 0.155 e. The first kappa shape index (κ1) is 11.6. The van der Waals surface area contributed by atoms with E-state index in [9.17, 15) is 0 Å².